The normalized spacial score (nSPS) is 11.6. The van der Waals surface area contributed by atoms with Gasteiger partial charge in [0.05, 0.1) is 6.54 Å². The average Bonchev–Trinajstić information content (AvgIpc) is 3.34. The number of esters is 1. The number of hydrogen-bond donors (Lipinski definition) is 1. The fourth-order valence-corrected chi connectivity index (χ4v) is 2.46. The van der Waals surface area contributed by atoms with Crippen LogP contribution in [-0.4, -0.2) is 33.5 Å². The highest BCUT2D eigenvalue weighted by Crippen LogP contribution is 2.14. The first-order chi connectivity index (χ1) is 13.4. The Bertz CT molecular complexity index is 991. The quantitative estimate of drug-likeness (QED) is 0.499. The number of ether oxygens (including phenoxy) is 1. The molecule has 0 saturated carbocycles. The predicted molar refractivity (Wildman–Crippen MR) is 100.0 cm³/mol. The summed E-state index contributed by atoms with van der Waals surface area (Å²) < 4.78 is 12.3. The molecule has 0 spiro atoms. The minimum atomic E-state index is -1.05. The van der Waals surface area contributed by atoms with E-state index in [0.29, 0.717) is 23.6 Å². The van der Waals surface area contributed by atoms with Crippen LogP contribution < -0.4 is 5.32 Å². The van der Waals surface area contributed by atoms with Gasteiger partial charge in [0.25, 0.3) is 5.91 Å². The molecular formula is C20H19N3O5. The molecule has 0 aliphatic rings. The van der Waals surface area contributed by atoms with E-state index >= 15 is 0 Å². The van der Waals surface area contributed by atoms with Crippen molar-refractivity contribution in [2.45, 2.75) is 26.5 Å². The minimum Gasteiger partial charge on any atom is -0.452 e. The number of Topliss-reactive ketones (excluding diaryl/α,β-unsaturated/α-hetero) is 1. The molecule has 0 aliphatic carbocycles. The molecule has 1 atom stereocenters. The van der Waals surface area contributed by atoms with Crippen molar-refractivity contribution in [3.63, 3.8) is 0 Å². The summed E-state index contributed by atoms with van der Waals surface area (Å²) in [6.45, 7) is 3.27. The number of amides is 1. The molecule has 0 aliphatic heterocycles. The first-order valence-electron chi connectivity index (χ1n) is 8.61. The summed E-state index contributed by atoms with van der Waals surface area (Å²) in [6, 6.07) is 11.4. The van der Waals surface area contributed by atoms with Crippen LogP contribution in [-0.2, 0) is 16.1 Å². The summed E-state index contributed by atoms with van der Waals surface area (Å²) in [6.07, 6.45) is 2.37. The smallest absolute Gasteiger partial charge is 0.375 e. The van der Waals surface area contributed by atoms with E-state index in [1.54, 1.807) is 53.5 Å². The second-order valence-corrected chi connectivity index (χ2v) is 6.14. The lowest BCUT2D eigenvalue weighted by Crippen LogP contribution is -2.30. The monoisotopic (exact) mass is 381 g/mol. The number of nitrogens with one attached hydrogen (secondary N) is 1. The van der Waals surface area contributed by atoms with Gasteiger partial charge in [-0.05, 0) is 44.2 Å². The van der Waals surface area contributed by atoms with Crippen molar-refractivity contribution in [3.8, 4) is 0 Å². The molecule has 3 aromatic rings. The number of carbonyl (C=O) groups is 3. The zero-order valence-corrected chi connectivity index (χ0v) is 15.4. The van der Waals surface area contributed by atoms with E-state index < -0.39 is 18.0 Å². The number of ketones is 1. The van der Waals surface area contributed by atoms with Gasteiger partial charge >= 0.3 is 5.97 Å². The third kappa shape index (κ3) is 4.73. The Morgan fingerprint density at radius 1 is 1.21 bits per heavy atom. The number of anilines is 1. The van der Waals surface area contributed by atoms with Crippen LogP contribution in [0.1, 0.15) is 40.5 Å². The minimum absolute atomic E-state index is 0.000355. The van der Waals surface area contributed by atoms with Gasteiger partial charge in [-0.15, -0.1) is 0 Å². The lowest BCUT2D eigenvalue weighted by Gasteiger charge is -2.13. The van der Waals surface area contributed by atoms with E-state index in [-0.39, 0.29) is 11.5 Å². The van der Waals surface area contributed by atoms with Crippen molar-refractivity contribution >= 4 is 23.3 Å². The van der Waals surface area contributed by atoms with E-state index in [9.17, 15) is 14.4 Å². The largest absolute Gasteiger partial charge is 0.452 e. The van der Waals surface area contributed by atoms with E-state index in [1.165, 1.54) is 19.9 Å². The summed E-state index contributed by atoms with van der Waals surface area (Å²) >= 11 is 0. The molecule has 2 heterocycles. The first kappa shape index (κ1) is 19.1. The van der Waals surface area contributed by atoms with E-state index in [1.807, 2.05) is 0 Å². The Labute approximate surface area is 161 Å². The highest BCUT2D eigenvalue weighted by Gasteiger charge is 2.21. The van der Waals surface area contributed by atoms with Crippen molar-refractivity contribution in [1.29, 1.82) is 0 Å². The van der Waals surface area contributed by atoms with Gasteiger partial charge in [0.1, 0.15) is 5.76 Å². The van der Waals surface area contributed by atoms with Crippen molar-refractivity contribution in [2.75, 3.05) is 5.32 Å². The third-order valence-corrected chi connectivity index (χ3v) is 3.93. The molecular weight excluding hydrogens is 362 g/mol. The Morgan fingerprint density at radius 3 is 2.75 bits per heavy atom. The number of carbonyl (C=O) groups excluding carboxylic acids is 3. The fourth-order valence-electron chi connectivity index (χ4n) is 2.46. The fraction of sp³-hybridized carbons (Fsp3) is 0.200. The zero-order valence-electron chi connectivity index (χ0n) is 15.4. The number of aromatic nitrogens is 2. The van der Waals surface area contributed by atoms with Gasteiger partial charge in [0.2, 0.25) is 5.76 Å². The molecule has 1 N–H and O–H groups in total. The van der Waals surface area contributed by atoms with Gasteiger partial charge < -0.3 is 14.5 Å². The van der Waals surface area contributed by atoms with Crippen LogP contribution in [0, 0.1) is 0 Å². The summed E-state index contributed by atoms with van der Waals surface area (Å²) in [5.74, 6) is -0.835. The Kier molecular flexibility index (Phi) is 5.69. The second kappa shape index (κ2) is 8.34. The number of rotatable bonds is 7. The highest BCUT2D eigenvalue weighted by atomic mass is 16.6. The van der Waals surface area contributed by atoms with Crippen LogP contribution in [0.2, 0.25) is 0 Å². The lowest BCUT2D eigenvalue weighted by molar-refractivity contribution is -0.123. The van der Waals surface area contributed by atoms with Crippen LogP contribution in [0.15, 0.2) is 59.3 Å². The molecule has 1 unspecified atom stereocenters. The predicted octanol–water partition coefficient (Wildman–Crippen LogP) is 2.91. The molecule has 3 rings (SSSR count). The van der Waals surface area contributed by atoms with Gasteiger partial charge in [0.15, 0.2) is 11.9 Å². The Balaban J connectivity index is 1.57. The molecule has 28 heavy (non-hydrogen) atoms. The maximum Gasteiger partial charge on any atom is 0.375 e. The van der Waals surface area contributed by atoms with E-state index in [4.69, 9.17) is 9.15 Å². The van der Waals surface area contributed by atoms with Crippen LogP contribution in [0.3, 0.4) is 0 Å². The maximum absolute atomic E-state index is 12.3. The third-order valence-electron chi connectivity index (χ3n) is 3.93. The summed E-state index contributed by atoms with van der Waals surface area (Å²) in [5.41, 5.74) is 0.919. The molecule has 1 amide bonds. The average molecular weight is 381 g/mol. The second-order valence-electron chi connectivity index (χ2n) is 6.14. The molecule has 8 heteroatoms. The molecule has 144 valence electrons. The summed E-state index contributed by atoms with van der Waals surface area (Å²) in [5, 5.41) is 6.68. The van der Waals surface area contributed by atoms with Crippen LogP contribution in [0.25, 0.3) is 0 Å². The zero-order chi connectivity index (χ0) is 20.1. The number of hydrogen-bond acceptors (Lipinski definition) is 6. The molecule has 1 aromatic carbocycles. The van der Waals surface area contributed by atoms with Crippen molar-refractivity contribution < 1.29 is 23.5 Å². The number of nitrogens with zero attached hydrogens (tertiary/aromatic N) is 2. The van der Waals surface area contributed by atoms with Crippen molar-refractivity contribution in [3.05, 3.63) is 71.9 Å². The Morgan fingerprint density at radius 2 is 2.04 bits per heavy atom. The van der Waals surface area contributed by atoms with Crippen LogP contribution in [0.5, 0.6) is 0 Å². The van der Waals surface area contributed by atoms with Gasteiger partial charge in [-0.1, -0.05) is 12.1 Å². The Hall–Kier alpha value is -3.68. The van der Waals surface area contributed by atoms with E-state index in [0.717, 1.165) is 0 Å². The van der Waals surface area contributed by atoms with Gasteiger partial charge in [-0.3, -0.25) is 14.3 Å². The highest BCUT2D eigenvalue weighted by molar-refractivity contribution is 5.99. The van der Waals surface area contributed by atoms with Gasteiger partial charge in [-0.25, -0.2) is 4.79 Å². The molecule has 0 radical (unpaired) electrons. The summed E-state index contributed by atoms with van der Waals surface area (Å²) in [4.78, 5) is 35.9. The van der Waals surface area contributed by atoms with Crippen molar-refractivity contribution in [1.82, 2.24) is 9.78 Å². The van der Waals surface area contributed by atoms with E-state index in [2.05, 4.69) is 10.4 Å². The molecule has 0 fully saturated rings. The standard InChI is InChI=1S/C20H19N3O5/c1-13(24)15-5-3-6-16(11-15)22-19(25)14(2)27-20(26)18-8-7-17(28-18)12-23-10-4-9-21-23/h3-11,14H,12H2,1-2H3,(H,22,25). The van der Waals surface area contributed by atoms with Crippen molar-refractivity contribution in [2.24, 2.45) is 0 Å². The van der Waals surface area contributed by atoms with Gasteiger partial charge in [-0.2, -0.15) is 5.10 Å². The SMILES string of the molecule is CC(=O)c1cccc(NC(=O)C(C)OC(=O)c2ccc(Cn3cccn3)o2)c1. The maximum atomic E-state index is 12.3. The molecule has 0 bridgehead atoms. The van der Waals surface area contributed by atoms with Crippen LogP contribution >= 0.6 is 0 Å². The molecule has 8 nitrogen and oxygen atoms in total. The number of furan rings is 1. The number of benzene rings is 1. The summed E-state index contributed by atoms with van der Waals surface area (Å²) in [7, 11) is 0. The van der Waals surface area contributed by atoms with Crippen LogP contribution in [0.4, 0.5) is 5.69 Å². The topological polar surface area (TPSA) is 103 Å². The van der Waals surface area contributed by atoms with Gasteiger partial charge in [0, 0.05) is 23.6 Å². The lowest BCUT2D eigenvalue weighted by atomic mass is 10.1. The molecule has 2 aromatic heterocycles. The molecule has 0 saturated heterocycles. The first-order valence-corrected chi connectivity index (χ1v) is 8.61.